The molecule has 0 saturated carbocycles. The summed E-state index contributed by atoms with van der Waals surface area (Å²) in [6.45, 7) is 6.07. The molecular formula is C13H17N3O. The maximum atomic E-state index is 5.28. The van der Waals surface area contributed by atoms with Crippen LogP contribution in [-0.4, -0.2) is 16.7 Å². The molecule has 0 amide bonds. The number of nitrogens with one attached hydrogen (secondary N) is 1. The third kappa shape index (κ3) is 3.39. The first-order valence-electron chi connectivity index (χ1n) is 5.82. The minimum atomic E-state index is 0.639. The van der Waals surface area contributed by atoms with Gasteiger partial charge in [0.2, 0.25) is 0 Å². The highest BCUT2D eigenvalue weighted by atomic mass is 16.5. The first-order valence-corrected chi connectivity index (χ1v) is 5.82. The van der Waals surface area contributed by atoms with Gasteiger partial charge in [0.15, 0.2) is 5.76 Å². The van der Waals surface area contributed by atoms with Crippen LogP contribution in [0.15, 0.2) is 35.1 Å². The monoisotopic (exact) mass is 231 g/mol. The van der Waals surface area contributed by atoms with Gasteiger partial charge in [-0.25, -0.2) is 0 Å². The Balaban J connectivity index is 1.97. The maximum absolute atomic E-state index is 5.28. The summed E-state index contributed by atoms with van der Waals surface area (Å²) in [5.74, 6) is 1.40. The highest BCUT2D eigenvalue weighted by Gasteiger charge is 2.06. The standard InChI is InChI=1S/C13H17N3O/c1-10(2)7-15-9-12-6-13(17-16-12)11-4-3-5-14-8-11/h3-6,8,10,15H,7,9H2,1-2H3. The lowest BCUT2D eigenvalue weighted by molar-refractivity contribution is 0.418. The van der Waals surface area contributed by atoms with Gasteiger partial charge < -0.3 is 9.84 Å². The predicted octanol–water partition coefficient (Wildman–Crippen LogP) is 2.48. The maximum Gasteiger partial charge on any atom is 0.168 e. The van der Waals surface area contributed by atoms with Crippen molar-refractivity contribution in [1.82, 2.24) is 15.5 Å². The SMILES string of the molecule is CC(C)CNCc1cc(-c2cccnc2)on1. The number of aromatic nitrogens is 2. The molecule has 17 heavy (non-hydrogen) atoms. The summed E-state index contributed by atoms with van der Waals surface area (Å²) in [5.41, 5.74) is 1.87. The normalized spacial score (nSPS) is 11.0. The molecule has 0 saturated heterocycles. The summed E-state index contributed by atoms with van der Waals surface area (Å²) in [4.78, 5) is 4.05. The van der Waals surface area contributed by atoms with Crippen LogP contribution < -0.4 is 5.32 Å². The van der Waals surface area contributed by atoms with Crippen molar-refractivity contribution in [2.45, 2.75) is 20.4 Å². The van der Waals surface area contributed by atoms with E-state index in [9.17, 15) is 0 Å². The summed E-state index contributed by atoms with van der Waals surface area (Å²) in [7, 11) is 0. The molecule has 0 aromatic carbocycles. The third-order valence-corrected chi connectivity index (χ3v) is 2.36. The van der Waals surface area contributed by atoms with Crippen molar-refractivity contribution in [2.75, 3.05) is 6.54 Å². The average Bonchev–Trinajstić information content (AvgIpc) is 2.78. The minimum absolute atomic E-state index is 0.639. The van der Waals surface area contributed by atoms with E-state index < -0.39 is 0 Å². The molecule has 0 bridgehead atoms. The van der Waals surface area contributed by atoms with Crippen molar-refractivity contribution in [3.05, 3.63) is 36.3 Å². The highest BCUT2D eigenvalue weighted by Crippen LogP contribution is 2.18. The van der Waals surface area contributed by atoms with Gasteiger partial charge in [0.25, 0.3) is 0 Å². The van der Waals surface area contributed by atoms with Crippen LogP contribution in [0.3, 0.4) is 0 Å². The summed E-state index contributed by atoms with van der Waals surface area (Å²) < 4.78 is 5.28. The zero-order chi connectivity index (χ0) is 12.1. The fourth-order valence-corrected chi connectivity index (χ4v) is 1.53. The molecule has 0 unspecified atom stereocenters. The van der Waals surface area contributed by atoms with E-state index in [1.807, 2.05) is 18.2 Å². The minimum Gasteiger partial charge on any atom is -0.356 e. The van der Waals surface area contributed by atoms with Gasteiger partial charge in [0.05, 0.1) is 5.69 Å². The van der Waals surface area contributed by atoms with Gasteiger partial charge in [-0.2, -0.15) is 0 Å². The van der Waals surface area contributed by atoms with Crippen molar-refractivity contribution in [1.29, 1.82) is 0 Å². The number of nitrogens with zero attached hydrogens (tertiary/aromatic N) is 2. The number of hydrogen-bond donors (Lipinski definition) is 1. The first kappa shape index (κ1) is 11.8. The van der Waals surface area contributed by atoms with Gasteiger partial charge in [-0.05, 0) is 24.6 Å². The Morgan fingerprint density at radius 3 is 3.00 bits per heavy atom. The molecule has 2 heterocycles. The predicted molar refractivity (Wildman–Crippen MR) is 66.3 cm³/mol. The van der Waals surface area contributed by atoms with Crippen LogP contribution in [0.1, 0.15) is 19.5 Å². The van der Waals surface area contributed by atoms with Gasteiger partial charge >= 0.3 is 0 Å². The lowest BCUT2D eigenvalue weighted by atomic mass is 10.2. The Labute approximate surface area is 101 Å². The van der Waals surface area contributed by atoms with Crippen LogP contribution in [-0.2, 0) is 6.54 Å². The van der Waals surface area contributed by atoms with E-state index >= 15 is 0 Å². The second kappa shape index (κ2) is 5.59. The molecular weight excluding hydrogens is 214 g/mol. The second-order valence-corrected chi connectivity index (χ2v) is 4.45. The van der Waals surface area contributed by atoms with E-state index in [-0.39, 0.29) is 0 Å². The second-order valence-electron chi connectivity index (χ2n) is 4.45. The summed E-state index contributed by atoms with van der Waals surface area (Å²) >= 11 is 0. The lowest BCUT2D eigenvalue weighted by Gasteiger charge is -2.03. The third-order valence-electron chi connectivity index (χ3n) is 2.36. The Bertz CT molecular complexity index is 451. The summed E-state index contributed by atoms with van der Waals surface area (Å²) in [5, 5.41) is 7.35. The molecule has 2 rings (SSSR count). The van der Waals surface area contributed by atoms with Gasteiger partial charge in [-0.1, -0.05) is 19.0 Å². The summed E-state index contributed by atoms with van der Waals surface area (Å²) in [6, 6.07) is 5.79. The molecule has 4 nitrogen and oxygen atoms in total. The van der Waals surface area contributed by atoms with Crippen LogP contribution in [0.25, 0.3) is 11.3 Å². The van der Waals surface area contributed by atoms with Crippen LogP contribution in [0.4, 0.5) is 0 Å². The van der Waals surface area contributed by atoms with Crippen molar-refractivity contribution < 1.29 is 4.52 Å². The molecule has 0 fully saturated rings. The molecule has 0 radical (unpaired) electrons. The molecule has 90 valence electrons. The van der Waals surface area contributed by atoms with E-state index in [2.05, 4.69) is 29.3 Å². The van der Waals surface area contributed by atoms with Crippen LogP contribution in [0, 0.1) is 5.92 Å². The summed E-state index contributed by atoms with van der Waals surface area (Å²) in [6.07, 6.45) is 3.51. The molecule has 1 N–H and O–H groups in total. The Hall–Kier alpha value is -1.68. The van der Waals surface area contributed by atoms with Crippen molar-refractivity contribution >= 4 is 0 Å². The van der Waals surface area contributed by atoms with Crippen molar-refractivity contribution in [3.63, 3.8) is 0 Å². The van der Waals surface area contributed by atoms with Gasteiger partial charge in [-0.15, -0.1) is 0 Å². The highest BCUT2D eigenvalue weighted by molar-refractivity contribution is 5.55. The zero-order valence-electron chi connectivity index (χ0n) is 10.2. The molecule has 2 aromatic heterocycles. The quantitative estimate of drug-likeness (QED) is 0.859. The smallest absolute Gasteiger partial charge is 0.168 e. The molecule has 4 heteroatoms. The van der Waals surface area contributed by atoms with Crippen molar-refractivity contribution in [2.24, 2.45) is 5.92 Å². The van der Waals surface area contributed by atoms with Gasteiger partial charge in [-0.3, -0.25) is 4.98 Å². The van der Waals surface area contributed by atoms with E-state index in [0.29, 0.717) is 5.92 Å². The Morgan fingerprint density at radius 1 is 1.41 bits per heavy atom. The van der Waals surface area contributed by atoms with Gasteiger partial charge in [0.1, 0.15) is 0 Å². The molecule has 0 aliphatic rings. The van der Waals surface area contributed by atoms with Crippen LogP contribution in [0.5, 0.6) is 0 Å². The molecule has 0 aliphatic heterocycles. The van der Waals surface area contributed by atoms with E-state index in [1.165, 1.54) is 0 Å². The Kier molecular flexibility index (Phi) is 3.88. The first-order chi connectivity index (χ1) is 8.25. The Morgan fingerprint density at radius 2 is 2.29 bits per heavy atom. The van der Waals surface area contributed by atoms with E-state index in [4.69, 9.17) is 4.52 Å². The number of hydrogen-bond acceptors (Lipinski definition) is 4. The number of rotatable bonds is 5. The van der Waals surface area contributed by atoms with Crippen molar-refractivity contribution in [3.8, 4) is 11.3 Å². The topological polar surface area (TPSA) is 51.0 Å². The fraction of sp³-hybridized carbons (Fsp3) is 0.385. The lowest BCUT2D eigenvalue weighted by Crippen LogP contribution is -2.18. The van der Waals surface area contributed by atoms with Crippen LogP contribution in [0.2, 0.25) is 0 Å². The van der Waals surface area contributed by atoms with E-state index in [0.717, 1.165) is 30.1 Å². The molecule has 2 aromatic rings. The average molecular weight is 231 g/mol. The molecule has 0 spiro atoms. The van der Waals surface area contributed by atoms with Gasteiger partial charge in [0, 0.05) is 30.6 Å². The fourth-order valence-electron chi connectivity index (χ4n) is 1.53. The zero-order valence-corrected chi connectivity index (χ0v) is 10.2. The van der Waals surface area contributed by atoms with Crippen LogP contribution >= 0.6 is 0 Å². The molecule has 0 aliphatic carbocycles. The van der Waals surface area contributed by atoms with E-state index in [1.54, 1.807) is 12.4 Å². The number of pyridine rings is 1. The molecule has 0 atom stereocenters. The largest absolute Gasteiger partial charge is 0.356 e.